The van der Waals surface area contributed by atoms with Crippen LogP contribution >= 0.6 is 23.1 Å². The van der Waals surface area contributed by atoms with Crippen molar-refractivity contribution in [1.29, 1.82) is 0 Å². The van der Waals surface area contributed by atoms with Crippen LogP contribution in [0.2, 0.25) is 4.34 Å². The van der Waals surface area contributed by atoms with Gasteiger partial charge in [0.25, 0.3) is 5.56 Å². The van der Waals surface area contributed by atoms with Crippen LogP contribution in [0.5, 0.6) is 0 Å². The van der Waals surface area contributed by atoms with Crippen LogP contribution in [-0.4, -0.2) is 3.96 Å². The van der Waals surface area contributed by atoms with Crippen LogP contribution in [0.3, 0.4) is 0 Å². The first-order valence-electron chi connectivity index (χ1n) is 5.01. The number of hydrogen-bond acceptors (Lipinski definition) is 2. The molecule has 1 heterocycles. The maximum Gasteiger partial charge on any atom is 0.262 e. The molecule has 0 saturated heterocycles. The zero-order chi connectivity index (χ0) is 11.9. The standard InChI is InChI=1S/C11H18ClNOS/c1-10(2,3)7-11(4,5)13-9(14)6-8(12)15-13/h6H,7H2,1-5H3. The Balaban J connectivity index is 3.06. The van der Waals surface area contributed by atoms with Crippen molar-refractivity contribution in [2.24, 2.45) is 5.41 Å². The Hall–Kier alpha value is -0.280. The van der Waals surface area contributed by atoms with Crippen LogP contribution in [0.15, 0.2) is 10.9 Å². The Labute approximate surface area is 100 Å². The molecule has 0 amide bonds. The fourth-order valence-corrected chi connectivity index (χ4v) is 3.19. The first-order chi connectivity index (χ1) is 6.62. The van der Waals surface area contributed by atoms with Crippen LogP contribution in [0.1, 0.15) is 41.0 Å². The Morgan fingerprint density at radius 3 is 2.20 bits per heavy atom. The summed E-state index contributed by atoms with van der Waals surface area (Å²) in [5, 5.41) is 0. The van der Waals surface area contributed by atoms with Gasteiger partial charge in [0.2, 0.25) is 0 Å². The van der Waals surface area contributed by atoms with Crippen molar-refractivity contribution in [3.8, 4) is 0 Å². The second-order valence-electron chi connectivity index (χ2n) is 5.72. The molecular formula is C11H18ClNOS. The maximum atomic E-state index is 11.7. The van der Waals surface area contributed by atoms with Crippen LogP contribution in [0.25, 0.3) is 0 Å². The van der Waals surface area contributed by atoms with Gasteiger partial charge in [-0.1, -0.05) is 32.4 Å². The minimum absolute atomic E-state index is 0.000694. The van der Waals surface area contributed by atoms with Crippen molar-refractivity contribution >= 4 is 23.1 Å². The van der Waals surface area contributed by atoms with Crippen molar-refractivity contribution in [3.63, 3.8) is 0 Å². The monoisotopic (exact) mass is 247 g/mol. The predicted octanol–water partition coefficient (Wildman–Crippen LogP) is 3.73. The summed E-state index contributed by atoms with van der Waals surface area (Å²) in [7, 11) is 0. The van der Waals surface area contributed by atoms with Crippen LogP contribution < -0.4 is 5.56 Å². The normalized spacial score (nSPS) is 13.2. The van der Waals surface area contributed by atoms with Crippen LogP contribution in [-0.2, 0) is 5.54 Å². The lowest BCUT2D eigenvalue weighted by Crippen LogP contribution is -2.35. The molecule has 0 N–H and O–H groups in total. The predicted molar refractivity (Wildman–Crippen MR) is 67.0 cm³/mol. The van der Waals surface area contributed by atoms with Gasteiger partial charge in [-0.2, -0.15) is 0 Å². The Bertz CT molecular complexity index is 397. The molecule has 86 valence electrons. The smallest absolute Gasteiger partial charge is 0.262 e. The van der Waals surface area contributed by atoms with E-state index in [0.717, 1.165) is 6.42 Å². The zero-order valence-electron chi connectivity index (χ0n) is 9.93. The minimum atomic E-state index is -0.173. The molecule has 1 rings (SSSR count). The summed E-state index contributed by atoms with van der Waals surface area (Å²) in [6.07, 6.45) is 0.941. The molecule has 0 atom stereocenters. The fraction of sp³-hybridized carbons (Fsp3) is 0.727. The van der Waals surface area contributed by atoms with Gasteiger partial charge >= 0.3 is 0 Å². The van der Waals surface area contributed by atoms with E-state index in [1.54, 1.807) is 3.96 Å². The fourth-order valence-electron chi connectivity index (χ4n) is 2.11. The van der Waals surface area contributed by atoms with E-state index in [1.165, 1.54) is 17.6 Å². The van der Waals surface area contributed by atoms with Crippen molar-refractivity contribution in [3.05, 3.63) is 20.8 Å². The lowest BCUT2D eigenvalue weighted by molar-refractivity contribution is 0.223. The molecule has 0 radical (unpaired) electrons. The number of nitrogens with zero attached hydrogens (tertiary/aromatic N) is 1. The average molecular weight is 248 g/mol. The molecule has 0 aliphatic rings. The summed E-state index contributed by atoms with van der Waals surface area (Å²) in [5.41, 5.74) is 0.0197. The van der Waals surface area contributed by atoms with E-state index in [-0.39, 0.29) is 16.5 Å². The van der Waals surface area contributed by atoms with Crippen LogP contribution in [0, 0.1) is 5.41 Å². The molecule has 4 heteroatoms. The molecule has 0 aliphatic carbocycles. The highest BCUT2D eigenvalue weighted by Crippen LogP contribution is 2.33. The molecule has 0 saturated carbocycles. The van der Waals surface area contributed by atoms with Gasteiger partial charge in [0.05, 0.1) is 5.54 Å². The first-order valence-corrected chi connectivity index (χ1v) is 6.16. The summed E-state index contributed by atoms with van der Waals surface area (Å²) < 4.78 is 2.32. The summed E-state index contributed by atoms with van der Waals surface area (Å²) >= 11 is 7.17. The highest BCUT2D eigenvalue weighted by molar-refractivity contribution is 7.11. The molecule has 0 aromatic carbocycles. The lowest BCUT2D eigenvalue weighted by atomic mass is 9.82. The van der Waals surface area contributed by atoms with E-state index in [2.05, 4.69) is 34.6 Å². The summed E-state index contributed by atoms with van der Waals surface area (Å²) in [6.45, 7) is 10.7. The summed E-state index contributed by atoms with van der Waals surface area (Å²) in [5.74, 6) is 0. The van der Waals surface area contributed by atoms with E-state index in [9.17, 15) is 4.79 Å². The van der Waals surface area contributed by atoms with Crippen molar-refractivity contribution in [2.75, 3.05) is 0 Å². The van der Waals surface area contributed by atoms with Gasteiger partial charge in [0.1, 0.15) is 4.34 Å². The molecular weight excluding hydrogens is 230 g/mol. The summed E-state index contributed by atoms with van der Waals surface area (Å²) in [6, 6.07) is 1.48. The molecule has 0 aliphatic heterocycles. The van der Waals surface area contributed by atoms with Gasteiger partial charge in [-0.15, -0.1) is 0 Å². The Morgan fingerprint density at radius 1 is 1.33 bits per heavy atom. The van der Waals surface area contributed by atoms with Gasteiger partial charge in [-0.25, -0.2) is 0 Å². The topological polar surface area (TPSA) is 22.0 Å². The van der Waals surface area contributed by atoms with E-state index < -0.39 is 0 Å². The van der Waals surface area contributed by atoms with E-state index in [1.807, 2.05) is 0 Å². The molecule has 15 heavy (non-hydrogen) atoms. The minimum Gasteiger partial charge on any atom is -0.268 e. The van der Waals surface area contributed by atoms with E-state index >= 15 is 0 Å². The molecule has 0 fully saturated rings. The van der Waals surface area contributed by atoms with Crippen molar-refractivity contribution < 1.29 is 0 Å². The van der Waals surface area contributed by atoms with Gasteiger partial charge in [0, 0.05) is 6.07 Å². The van der Waals surface area contributed by atoms with Gasteiger partial charge in [-0.05, 0) is 37.2 Å². The maximum absolute atomic E-state index is 11.7. The number of hydrogen-bond donors (Lipinski definition) is 0. The van der Waals surface area contributed by atoms with Gasteiger partial charge in [0.15, 0.2) is 0 Å². The second kappa shape index (κ2) is 3.95. The second-order valence-corrected chi connectivity index (χ2v) is 7.34. The third kappa shape index (κ3) is 3.35. The highest BCUT2D eigenvalue weighted by atomic mass is 35.5. The Morgan fingerprint density at radius 2 is 1.87 bits per heavy atom. The highest BCUT2D eigenvalue weighted by Gasteiger charge is 2.29. The largest absolute Gasteiger partial charge is 0.268 e. The first kappa shape index (κ1) is 12.8. The molecule has 0 bridgehead atoms. The lowest BCUT2D eigenvalue weighted by Gasteiger charge is -2.32. The molecule has 0 spiro atoms. The average Bonchev–Trinajstić information content (AvgIpc) is 2.24. The Kier molecular flexibility index (Phi) is 3.36. The van der Waals surface area contributed by atoms with Crippen molar-refractivity contribution in [1.82, 2.24) is 3.96 Å². The van der Waals surface area contributed by atoms with Gasteiger partial charge < -0.3 is 0 Å². The molecule has 1 aromatic rings. The molecule has 1 aromatic heterocycles. The third-order valence-corrected chi connectivity index (χ3v) is 3.59. The van der Waals surface area contributed by atoms with Crippen LogP contribution in [0.4, 0.5) is 0 Å². The van der Waals surface area contributed by atoms with Gasteiger partial charge in [-0.3, -0.25) is 8.75 Å². The number of halogens is 1. The summed E-state index contributed by atoms with van der Waals surface area (Å²) in [4.78, 5) is 11.7. The molecule has 0 unspecified atom stereocenters. The third-order valence-electron chi connectivity index (χ3n) is 2.13. The van der Waals surface area contributed by atoms with Crippen molar-refractivity contribution in [2.45, 2.75) is 46.6 Å². The van der Waals surface area contributed by atoms with E-state index in [0.29, 0.717) is 4.34 Å². The quantitative estimate of drug-likeness (QED) is 0.781. The molecule has 2 nitrogen and oxygen atoms in total. The SMILES string of the molecule is CC(C)(C)CC(C)(C)n1sc(Cl)cc1=O. The van der Waals surface area contributed by atoms with E-state index in [4.69, 9.17) is 11.6 Å². The number of rotatable bonds is 2. The number of aromatic nitrogens is 1. The zero-order valence-corrected chi connectivity index (χ0v) is 11.5.